The molecule has 2 fully saturated rings. The second-order valence-electron chi connectivity index (χ2n) is 7.92. The third-order valence-corrected chi connectivity index (χ3v) is 7.36. The number of nitrogens with one attached hydrogen (secondary N) is 1. The van der Waals surface area contributed by atoms with Gasteiger partial charge in [0, 0.05) is 35.8 Å². The van der Waals surface area contributed by atoms with Gasteiger partial charge in [-0.15, -0.1) is 0 Å². The molecule has 0 spiro atoms. The quantitative estimate of drug-likeness (QED) is 0.656. The summed E-state index contributed by atoms with van der Waals surface area (Å²) >= 11 is 5.86. The van der Waals surface area contributed by atoms with Crippen LogP contribution in [0.5, 0.6) is 0 Å². The van der Waals surface area contributed by atoms with Gasteiger partial charge in [0.15, 0.2) is 9.84 Å². The summed E-state index contributed by atoms with van der Waals surface area (Å²) < 4.78 is 25.3. The molecule has 0 aliphatic heterocycles. The molecule has 0 heterocycles. The molecule has 0 unspecified atom stereocenters. The maximum atomic E-state index is 12.6. The molecular weight excluding hydrogens is 408 g/mol. The van der Waals surface area contributed by atoms with Gasteiger partial charge in [-0.25, -0.2) is 8.42 Å². The first kappa shape index (κ1) is 20.4. The summed E-state index contributed by atoms with van der Waals surface area (Å²) in [5.41, 5.74) is 1.76. The van der Waals surface area contributed by atoms with Gasteiger partial charge in [-0.2, -0.15) is 0 Å². The van der Waals surface area contributed by atoms with Crippen LogP contribution in [-0.4, -0.2) is 43.6 Å². The van der Waals surface area contributed by atoms with Gasteiger partial charge in [0.25, 0.3) is 5.91 Å². The summed E-state index contributed by atoms with van der Waals surface area (Å²) in [4.78, 5) is 14.7. The molecule has 5 nitrogen and oxygen atoms in total. The fourth-order valence-electron chi connectivity index (χ4n) is 3.32. The Bertz CT molecular complexity index is 966. The van der Waals surface area contributed by atoms with Crippen LogP contribution in [0.2, 0.25) is 5.02 Å². The molecule has 0 aromatic heterocycles. The standard InChI is InChI=1S/C22H25ClN2O3S/c23-18-5-11-21(12-6-18)29(27,28)14-13-25(20-9-10-20)15-16-1-3-17(4-2-16)22(26)24-19-7-8-19/h1-6,11-12,19-20H,7-10,13-15H2,(H,24,26). The van der Waals surface area contributed by atoms with Crippen molar-refractivity contribution >= 4 is 27.3 Å². The van der Waals surface area contributed by atoms with Crippen molar-refractivity contribution in [3.05, 3.63) is 64.7 Å². The Labute approximate surface area is 177 Å². The zero-order valence-electron chi connectivity index (χ0n) is 16.2. The van der Waals surface area contributed by atoms with Gasteiger partial charge in [0.1, 0.15) is 0 Å². The van der Waals surface area contributed by atoms with Crippen LogP contribution in [0.3, 0.4) is 0 Å². The first-order valence-electron chi connectivity index (χ1n) is 10.0. The molecular formula is C22H25ClN2O3S. The molecule has 2 saturated carbocycles. The minimum atomic E-state index is -3.35. The summed E-state index contributed by atoms with van der Waals surface area (Å²) in [6.45, 7) is 1.17. The van der Waals surface area contributed by atoms with Crippen molar-refractivity contribution in [3.63, 3.8) is 0 Å². The van der Waals surface area contributed by atoms with Gasteiger partial charge < -0.3 is 5.32 Å². The maximum Gasteiger partial charge on any atom is 0.251 e. The van der Waals surface area contributed by atoms with E-state index in [9.17, 15) is 13.2 Å². The van der Waals surface area contributed by atoms with E-state index >= 15 is 0 Å². The number of carbonyl (C=O) groups excluding carboxylic acids is 1. The van der Waals surface area contributed by atoms with Crippen LogP contribution in [0.4, 0.5) is 0 Å². The lowest BCUT2D eigenvalue weighted by atomic mass is 10.1. The van der Waals surface area contributed by atoms with Crippen LogP contribution in [0, 0.1) is 0 Å². The number of hydrogen-bond donors (Lipinski definition) is 1. The van der Waals surface area contributed by atoms with E-state index in [4.69, 9.17) is 11.6 Å². The number of halogens is 1. The van der Waals surface area contributed by atoms with Crippen LogP contribution in [0.1, 0.15) is 41.6 Å². The molecule has 2 aromatic rings. The molecule has 2 aliphatic rings. The molecule has 2 aromatic carbocycles. The van der Waals surface area contributed by atoms with Crippen molar-refractivity contribution in [3.8, 4) is 0 Å². The van der Waals surface area contributed by atoms with Gasteiger partial charge in [0.2, 0.25) is 0 Å². The Morgan fingerprint density at radius 1 is 1.00 bits per heavy atom. The minimum absolute atomic E-state index is 0.0212. The van der Waals surface area contributed by atoms with E-state index in [-0.39, 0.29) is 11.7 Å². The van der Waals surface area contributed by atoms with Gasteiger partial charge in [-0.1, -0.05) is 23.7 Å². The Kier molecular flexibility index (Phi) is 5.95. The molecule has 2 aliphatic carbocycles. The summed E-state index contributed by atoms with van der Waals surface area (Å²) in [7, 11) is -3.35. The topological polar surface area (TPSA) is 66.5 Å². The number of benzene rings is 2. The lowest BCUT2D eigenvalue weighted by molar-refractivity contribution is 0.0951. The van der Waals surface area contributed by atoms with Crippen molar-refractivity contribution in [1.82, 2.24) is 10.2 Å². The first-order chi connectivity index (χ1) is 13.9. The Morgan fingerprint density at radius 3 is 2.24 bits per heavy atom. The van der Waals surface area contributed by atoms with Crippen molar-refractivity contribution in [2.24, 2.45) is 0 Å². The highest BCUT2D eigenvalue weighted by atomic mass is 35.5. The third kappa shape index (κ3) is 5.59. The number of carbonyl (C=O) groups is 1. The largest absolute Gasteiger partial charge is 0.349 e. The van der Waals surface area contributed by atoms with E-state index in [1.807, 2.05) is 24.3 Å². The Hall–Kier alpha value is -1.89. The Morgan fingerprint density at radius 2 is 1.66 bits per heavy atom. The average molecular weight is 433 g/mol. The summed E-state index contributed by atoms with van der Waals surface area (Å²) in [6.07, 6.45) is 4.34. The van der Waals surface area contributed by atoms with Gasteiger partial charge in [0.05, 0.1) is 10.6 Å². The highest BCUT2D eigenvalue weighted by molar-refractivity contribution is 7.91. The van der Waals surface area contributed by atoms with Gasteiger partial charge >= 0.3 is 0 Å². The van der Waals surface area contributed by atoms with Crippen LogP contribution in [0.25, 0.3) is 0 Å². The van der Waals surface area contributed by atoms with E-state index in [0.29, 0.717) is 40.7 Å². The second kappa shape index (κ2) is 8.46. The molecule has 0 atom stereocenters. The molecule has 29 heavy (non-hydrogen) atoms. The van der Waals surface area contributed by atoms with Crippen molar-refractivity contribution < 1.29 is 13.2 Å². The minimum Gasteiger partial charge on any atom is -0.349 e. The van der Waals surface area contributed by atoms with Crippen molar-refractivity contribution in [1.29, 1.82) is 0 Å². The number of amides is 1. The third-order valence-electron chi connectivity index (χ3n) is 5.40. The highest BCUT2D eigenvalue weighted by Gasteiger charge is 2.30. The van der Waals surface area contributed by atoms with Crippen molar-refractivity contribution in [2.45, 2.75) is 49.2 Å². The van der Waals surface area contributed by atoms with Crippen LogP contribution in [-0.2, 0) is 16.4 Å². The average Bonchev–Trinajstić information content (AvgIpc) is 3.60. The fourth-order valence-corrected chi connectivity index (χ4v) is 4.71. The van der Waals surface area contributed by atoms with E-state index in [2.05, 4.69) is 10.2 Å². The van der Waals surface area contributed by atoms with E-state index in [0.717, 1.165) is 31.2 Å². The molecule has 0 radical (unpaired) electrons. The van der Waals surface area contributed by atoms with E-state index in [1.165, 1.54) is 0 Å². The molecule has 154 valence electrons. The number of rotatable bonds is 9. The summed E-state index contributed by atoms with van der Waals surface area (Å²) in [5, 5.41) is 3.52. The lowest BCUT2D eigenvalue weighted by Gasteiger charge is -2.22. The molecule has 7 heteroatoms. The predicted molar refractivity (Wildman–Crippen MR) is 114 cm³/mol. The van der Waals surface area contributed by atoms with E-state index < -0.39 is 9.84 Å². The summed E-state index contributed by atoms with van der Waals surface area (Å²) in [5.74, 6) is 0.0552. The first-order valence-corrected chi connectivity index (χ1v) is 12.1. The summed E-state index contributed by atoms with van der Waals surface area (Å²) in [6, 6.07) is 14.7. The van der Waals surface area contributed by atoms with Crippen LogP contribution >= 0.6 is 11.6 Å². The fraction of sp³-hybridized carbons (Fsp3) is 0.409. The monoisotopic (exact) mass is 432 g/mol. The predicted octanol–water partition coefficient (Wildman–Crippen LogP) is 3.67. The molecule has 4 rings (SSSR count). The SMILES string of the molecule is O=C(NC1CC1)c1ccc(CN(CCS(=O)(=O)c2ccc(Cl)cc2)C2CC2)cc1. The van der Waals surface area contributed by atoms with Crippen LogP contribution in [0.15, 0.2) is 53.4 Å². The molecule has 1 N–H and O–H groups in total. The zero-order chi connectivity index (χ0) is 20.4. The normalized spacial score (nSPS) is 16.8. The van der Waals surface area contributed by atoms with Crippen molar-refractivity contribution in [2.75, 3.05) is 12.3 Å². The highest BCUT2D eigenvalue weighted by Crippen LogP contribution is 2.29. The number of hydrogen-bond acceptors (Lipinski definition) is 4. The number of nitrogens with zero attached hydrogens (tertiary/aromatic N) is 1. The maximum absolute atomic E-state index is 12.6. The lowest BCUT2D eigenvalue weighted by Crippen LogP contribution is -2.31. The Balaban J connectivity index is 1.37. The number of sulfone groups is 1. The molecule has 0 bridgehead atoms. The van der Waals surface area contributed by atoms with Gasteiger partial charge in [-0.3, -0.25) is 9.69 Å². The molecule has 0 saturated heterocycles. The second-order valence-corrected chi connectivity index (χ2v) is 10.5. The zero-order valence-corrected chi connectivity index (χ0v) is 17.8. The van der Waals surface area contributed by atoms with Gasteiger partial charge in [-0.05, 0) is 67.6 Å². The van der Waals surface area contributed by atoms with E-state index in [1.54, 1.807) is 24.3 Å². The molecule has 1 amide bonds. The van der Waals surface area contributed by atoms with Crippen LogP contribution < -0.4 is 5.32 Å². The smallest absolute Gasteiger partial charge is 0.251 e.